The van der Waals surface area contributed by atoms with Crippen molar-refractivity contribution in [2.45, 2.75) is 90.7 Å². The summed E-state index contributed by atoms with van der Waals surface area (Å²) in [7, 11) is 0. The molecular formula is C30H41F2N3O3. The SMILES string of the molecule is CCOC[C@]12CC[C@@](C)(O)C[C@@H]1CC[C@H]1[C@@H]3CC[C@H](C(=O)Cn4nnc5c(F)c(F)ccc54)[C@@]3(C)CC[C@@H]12. The van der Waals surface area contributed by atoms with Gasteiger partial charge in [0.25, 0.3) is 0 Å². The van der Waals surface area contributed by atoms with Gasteiger partial charge in [0.2, 0.25) is 0 Å². The average molecular weight is 530 g/mol. The Hall–Kier alpha value is -1.93. The molecule has 4 saturated carbocycles. The number of hydrogen-bond donors (Lipinski definition) is 1. The molecule has 4 aliphatic rings. The second-order valence-electron chi connectivity index (χ2n) is 13.3. The summed E-state index contributed by atoms with van der Waals surface area (Å²) in [6.45, 7) is 7.93. The lowest BCUT2D eigenvalue weighted by molar-refractivity contribution is -0.178. The normalized spacial score (nSPS) is 40.5. The van der Waals surface area contributed by atoms with Crippen LogP contribution in [-0.4, -0.2) is 44.7 Å². The molecule has 38 heavy (non-hydrogen) atoms. The smallest absolute Gasteiger partial charge is 0.188 e. The lowest BCUT2D eigenvalue weighted by Crippen LogP contribution is -2.58. The lowest BCUT2D eigenvalue weighted by Gasteiger charge is -2.62. The van der Waals surface area contributed by atoms with Gasteiger partial charge in [0.15, 0.2) is 22.9 Å². The fourth-order valence-corrected chi connectivity index (χ4v) is 9.69. The maximum Gasteiger partial charge on any atom is 0.188 e. The van der Waals surface area contributed by atoms with E-state index < -0.39 is 17.2 Å². The van der Waals surface area contributed by atoms with Crippen LogP contribution in [-0.2, 0) is 16.1 Å². The van der Waals surface area contributed by atoms with Crippen molar-refractivity contribution in [3.63, 3.8) is 0 Å². The first-order valence-electron chi connectivity index (χ1n) is 14.6. The Balaban J connectivity index is 1.23. The van der Waals surface area contributed by atoms with Crippen LogP contribution < -0.4 is 0 Å². The van der Waals surface area contributed by atoms with Gasteiger partial charge in [0, 0.05) is 12.5 Å². The van der Waals surface area contributed by atoms with Gasteiger partial charge in [-0.2, -0.15) is 0 Å². The first-order chi connectivity index (χ1) is 18.1. The third kappa shape index (κ3) is 3.95. The van der Waals surface area contributed by atoms with Crippen LogP contribution in [0.15, 0.2) is 12.1 Å². The fourth-order valence-electron chi connectivity index (χ4n) is 9.69. The Morgan fingerprint density at radius 1 is 1.11 bits per heavy atom. The highest BCUT2D eigenvalue weighted by Gasteiger charge is 2.63. The molecule has 8 atom stereocenters. The van der Waals surface area contributed by atoms with E-state index in [2.05, 4.69) is 24.2 Å². The Morgan fingerprint density at radius 3 is 2.71 bits per heavy atom. The van der Waals surface area contributed by atoms with E-state index in [-0.39, 0.29) is 34.6 Å². The fraction of sp³-hybridized carbons (Fsp3) is 0.767. The van der Waals surface area contributed by atoms with Crippen LogP contribution in [0.4, 0.5) is 8.78 Å². The van der Waals surface area contributed by atoms with Gasteiger partial charge in [-0.1, -0.05) is 12.1 Å². The highest BCUT2D eigenvalue weighted by Crippen LogP contribution is 2.68. The zero-order valence-electron chi connectivity index (χ0n) is 22.9. The van der Waals surface area contributed by atoms with Crippen molar-refractivity contribution >= 4 is 16.8 Å². The van der Waals surface area contributed by atoms with Crippen molar-refractivity contribution in [3.05, 3.63) is 23.8 Å². The molecule has 8 heteroatoms. The minimum absolute atomic E-state index is 0.0358. The standard InChI is InChI=1S/C30H41F2N3O3/c1-4-38-17-30-14-13-28(2,37)15-18(30)5-6-19-20-7-8-22(29(20,3)12-11-21(19)30)25(36)16-35-24-10-9-23(31)26(32)27(24)33-34-35/h9-10,18-22,37H,4-8,11-17H2,1-3H3/t18-,19-,20-,21-,22+,28+,29-,30+/m0/s1. The summed E-state index contributed by atoms with van der Waals surface area (Å²) in [4.78, 5) is 13.7. The van der Waals surface area contributed by atoms with Crippen molar-refractivity contribution in [2.24, 2.45) is 40.4 Å². The van der Waals surface area contributed by atoms with E-state index in [1.165, 1.54) is 17.2 Å². The molecule has 0 spiro atoms. The maximum absolute atomic E-state index is 14.2. The minimum Gasteiger partial charge on any atom is -0.390 e. The van der Waals surface area contributed by atoms with Crippen molar-refractivity contribution in [1.82, 2.24) is 15.0 Å². The summed E-state index contributed by atoms with van der Waals surface area (Å²) < 4.78 is 35.4. The molecule has 1 heterocycles. The number of aromatic nitrogens is 3. The molecule has 4 fully saturated rings. The van der Waals surface area contributed by atoms with Gasteiger partial charge in [-0.05, 0) is 118 Å². The van der Waals surface area contributed by atoms with Crippen molar-refractivity contribution in [1.29, 1.82) is 0 Å². The maximum atomic E-state index is 14.2. The van der Waals surface area contributed by atoms with Gasteiger partial charge in [-0.3, -0.25) is 4.79 Å². The van der Waals surface area contributed by atoms with Crippen LogP contribution in [0.2, 0.25) is 0 Å². The highest BCUT2D eigenvalue weighted by atomic mass is 19.2. The molecule has 0 radical (unpaired) electrons. The molecule has 0 aliphatic heterocycles. The molecule has 6 rings (SSSR count). The number of carbonyl (C=O) groups excluding carboxylic acids is 1. The highest BCUT2D eigenvalue weighted by molar-refractivity contribution is 5.84. The molecule has 0 amide bonds. The molecule has 4 aliphatic carbocycles. The van der Waals surface area contributed by atoms with Crippen LogP contribution in [0.3, 0.4) is 0 Å². The number of Topliss-reactive ketones (excluding diaryl/α,β-unsaturated/α-hetero) is 1. The van der Waals surface area contributed by atoms with E-state index in [1.807, 2.05) is 6.92 Å². The number of hydrogen-bond acceptors (Lipinski definition) is 5. The van der Waals surface area contributed by atoms with Crippen molar-refractivity contribution in [2.75, 3.05) is 13.2 Å². The molecule has 208 valence electrons. The quantitative estimate of drug-likeness (QED) is 0.519. The molecule has 0 unspecified atom stereocenters. The Labute approximate surface area is 223 Å². The second-order valence-corrected chi connectivity index (χ2v) is 13.3. The van der Waals surface area contributed by atoms with Crippen molar-refractivity contribution < 1.29 is 23.4 Å². The van der Waals surface area contributed by atoms with Gasteiger partial charge < -0.3 is 9.84 Å². The van der Waals surface area contributed by atoms with Gasteiger partial charge in [-0.25, -0.2) is 13.5 Å². The van der Waals surface area contributed by atoms with Gasteiger partial charge in [0.05, 0.1) is 17.7 Å². The number of ether oxygens (including phenoxy) is 1. The molecular weight excluding hydrogens is 488 g/mol. The summed E-state index contributed by atoms with van der Waals surface area (Å²) >= 11 is 0. The van der Waals surface area contributed by atoms with Crippen LogP contribution in [0, 0.1) is 52.1 Å². The first-order valence-corrected chi connectivity index (χ1v) is 14.6. The summed E-state index contributed by atoms with van der Waals surface area (Å²) in [5.41, 5.74) is -0.293. The van der Waals surface area contributed by atoms with E-state index in [0.717, 1.165) is 64.0 Å². The molecule has 2 aromatic rings. The predicted molar refractivity (Wildman–Crippen MR) is 139 cm³/mol. The number of halogens is 2. The summed E-state index contributed by atoms with van der Waals surface area (Å²) in [5.74, 6) is 0.222. The zero-order chi connectivity index (χ0) is 26.9. The van der Waals surface area contributed by atoms with Crippen LogP contribution in [0.25, 0.3) is 11.0 Å². The first kappa shape index (κ1) is 26.3. The van der Waals surface area contributed by atoms with Gasteiger partial charge in [-0.15, -0.1) is 5.10 Å². The molecule has 6 nitrogen and oxygen atoms in total. The third-order valence-corrected chi connectivity index (χ3v) is 11.5. The van der Waals surface area contributed by atoms with E-state index in [0.29, 0.717) is 35.8 Å². The number of nitrogens with zero attached hydrogens (tertiary/aromatic N) is 3. The van der Waals surface area contributed by atoms with E-state index in [4.69, 9.17) is 4.74 Å². The summed E-state index contributed by atoms with van der Waals surface area (Å²) in [5, 5.41) is 18.7. The van der Waals surface area contributed by atoms with Crippen molar-refractivity contribution in [3.8, 4) is 0 Å². The van der Waals surface area contributed by atoms with E-state index in [1.54, 1.807) is 0 Å². The molecule has 0 bridgehead atoms. The zero-order valence-corrected chi connectivity index (χ0v) is 22.9. The number of rotatable bonds is 6. The molecule has 0 saturated heterocycles. The summed E-state index contributed by atoms with van der Waals surface area (Å²) in [6.07, 6.45) is 9.06. The van der Waals surface area contributed by atoms with Gasteiger partial charge >= 0.3 is 0 Å². The predicted octanol–water partition coefficient (Wildman–Crippen LogP) is 5.71. The van der Waals surface area contributed by atoms with E-state index in [9.17, 15) is 18.7 Å². The van der Waals surface area contributed by atoms with Crippen LogP contribution in [0.5, 0.6) is 0 Å². The number of carbonyl (C=O) groups is 1. The Bertz CT molecular complexity index is 1230. The number of fused-ring (bicyclic) bond motifs is 6. The third-order valence-electron chi connectivity index (χ3n) is 11.5. The number of benzene rings is 1. The molecule has 1 aromatic heterocycles. The minimum atomic E-state index is -1.02. The van der Waals surface area contributed by atoms with E-state index >= 15 is 0 Å². The Kier molecular flexibility index (Phi) is 6.45. The average Bonchev–Trinajstić information content (AvgIpc) is 3.45. The van der Waals surface area contributed by atoms with Crippen LogP contribution in [0.1, 0.15) is 78.6 Å². The lowest BCUT2D eigenvalue weighted by atomic mass is 9.43. The Morgan fingerprint density at radius 2 is 1.92 bits per heavy atom. The van der Waals surface area contributed by atoms with Crippen LogP contribution >= 0.6 is 0 Å². The largest absolute Gasteiger partial charge is 0.390 e. The number of aliphatic hydroxyl groups is 1. The molecule has 1 N–H and O–H groups in total. The monoisotopic (exact) mass is 529 g/mol. The van der Waals surface area contributed by atoms with Gasteiger partial charge in [0.1, 0.15) is 6.54 Å². The topological polar surface area (TPSA) is 77.2 Å². The second kappa shape index (κ2) is 9.33. The number of ketones is 1. The molecule has 1 aromatic carbocycles. The summed E-state index contributed by atoms with van der Waals surface area (Å²) in [6, 6.07) is 2.51.